The molecule has 1 heterocycles. The summed E-state index contributed by atoms with van der Waals surface area (Å²) >= 11 is 5.89. The molecule has 0 unspecified atom stereocenters. The maximum atomic E-state index is 12.4. The number of ether oxygens (including phenoxy) is 2. The average molecular weight is 416 g/mol. The van der Waals surface area contributed by atoms with Crippen LogP contribution in [0.4, 0.5) is 5.82 Å². The molecular weight excluding hydrogens is 394 g/mol. The molecule has 3 rings (SSSR count). The van der Waals surface area contributed by atoms with Crippen molar-refractivity contribution in [1.29, 1.82) is 0 Å². The van der Waals surface area contributed by atoms with Crippen LogP contribution in [0.25, 0.3) is 0 Å². The van der Waals surface area contributed by atoms with Crippen molar-refractivity contribution >= 4 is 23.3 Å². The number of hydrogen-bond donors (Lipinski definition) is 2. The number of aromatic nitrogens is 3. The third-order valence-corrected chi connectivity index (χ3v) is 4.63. The first kappa shape index (κ1) is 20.5. The van der Waals surface area contributed by atoms with E-state index in [0.717, 1.165) is 11.1 Å². The highest BCUT2D eigenvalue weighted by Crippen LogP contribution is 2.27. The van der Waals surface area contributed by atoms with Crippen molar-refractivity contribution in [3.8, 4) is 11.5 Å². The van der Waals surface area contributed by atoms with E-state index in [9.17, 15) is 4.79 Å². The van der Waals surface area contributed by atoms with Gasteiger partial charge in [-0.05, 0) is 41.8 Å². The van der Waals surface area contributed by atoms with E-state index < -0.39 is 0 Å². The Labute approximate surface area is 173 Å². The lowest BCUT2D eigenvalue weighted by atomic mass is 10.1. The Morgan fingerprint density at radius 3 is 2.48 bits per heavy atom. The molecule has 1 aromatic heterocycles. The minimum atomic E-state index is -0.370. The molecule has 29 heavy (non-hydrogen) atoms. The predicted octanol–water partition coefficient (Wildman–Crippen LogP) is 2.55. The fourth-order valence-corrected chi connectivity index (χ4v) is 2.93. The van der Waals surface area contributed by atoms with Gasteiger partial charge in [-0.25, -0.2) is 4.68 Å². The van der Waals surface area contributed by atoms with Gasteiger partial charge in [0.1, 0.15) is 0 Å². The molecule has 0 aliphatic heterocycles. The third kappa shape index (κ3) is 4.97. The summed E-state index contributed by atoms with van der Waals surface area (Å²) in [4.78, 5) is 12.4. The van der Waals surface area contributed by atoms with Crippen LogP contribution in [0.3, 0.4) is 0 Å². The monoisotopic (exact) mass is 415 g/mol. The number of nitrogens with zero attached hydrogens (tertiary/aromatic N) is 3. The van der Waals surface area contributed by atoms with Crippen molar-refractivity contribution < 1.29 is 14.3 Å². The Kier molecular flexibility index (Phi) is 6.56. The molecule has 152 valence electrons. The van der Waals surface area contributed by atoms with Crippen molar-refractivity contribution in [3.63, 3.8) is 0 Å². The molecule has 0 aliphatic carbocycles. The zero-order valence-corrected chi connectivity index (χ0v) is 16.9. The molecule has 0 saturated heterocycles. The van der Waals surface area contributed by atoms with Gasteiger partial charge in [-0.2, -0.15) is 0 Å². The van der Waals surface area contributed by atoms with Gasteiger partial charge in [0.15, 0.2) is 23.0 Å². The number of hydrogen-bond acceptors (Lipinski definition) is 6. The van der Waals surface area contributed by atoms with Crippen LogP contribution in [0, 0.1) is 0 Å². The molecule has 9 heteroatoms. The zero-order chi connectivity index (χ0) is 20.8. The van der Waals surface area contributed by atoms with Gasteiger partial charge in [-0.3, -0.25) is 4.79 Å². The number of amides is 1. The minimum Gasteiger partial charge on any atom is -0.493 e. The molecule has 0 fully saturated rings. The number of nitrogen functional groups attached to an aromatic ring is 1. The third-order valence-electron chi connectivity index (χ3n) is 4.38. The molecule has 1 amide bonds. The average Bonchev–Trinajstić information content (AvgIpc) is 3.09. The molecule has 0 aliphatic rings. The Hall–Kier alpha value is -3.26. The van der Waals surface area contributed by atoms with Crippen molar-refractivity contribution in [1.82, 2.24) is 20.3 Å². The van der Waals surface area contributed by atoms with E-state index in [-0.39, 0.29) is 17.4 Å². The van der Waals surface area contributed by atoms with Crippen molar-refractivity contribution in [2.24, 2.45) is 0 Å². The van der Waals surface area contributed by atoms with E-state index in [1.807, 2.05) is 30.3 Å². The van der Waals surface area contributed by atoms with Crippen molar-refractivity contribution in [2.45, 2.75) is 13.0 Å². The quantitative estimate of drug-likeness (QED) is 0.586. The summed E-state index contributed by atoms with van der Waals surface area (Å²) in [5.74, 6) is 1.14. The SMILES string of the molecule is COc1ccc(CCNC(=O)c2nnn(Cc3ccc(Cl)cc3)c2N)cc1OC. The first-order chi connectivity index (χ1) is 14.0. The van der Waals surface area contributed by atoms with Crippen LogP contribution in [-0.4, -0.2) is 41.7 Å². The Bertz CT molecular complexity index is 988. The normalized spacial score (nSPS) is 10.6. The van der Waals surface area contributed by atoms with Crippen LogP contribution in [-0.2, 0) is 13.0 Å². The highest BCUT2D eigenvalue weighted by atomic mass is 35.5. The largest absolute Gasteiger partial charge is 0.493 e. The van der Waals surface area contributed by atoms with E-state index in [0.29, 0.717) is 36.0 Å². The second-order valence-corrected chi connectivity index (χ2v) is 6.74. The summed E-state index contributed by atoms with van der Waals surface area (Å²) < 4.78 is 12.0. The predicted molar refractivity (Wildman–Crippen MR) is 111 cm³/mol. The first-order valence-corrected chi connectivity index (χ1v) is 9.32. The van der Waals surface area contributed by atoms with Gasteiger partial charge in [0.05, 0.1) is 20.8 Å². The number of methoxy groups -OCH3 is 2. The van der Waals surface area contributed by atoms with E-state index in [2.05, 4.69) is 15.6 Å². The number of benzene rings is 2. The highest BCUT2D eigenvalue weighted by Gasteiger charge is 2.17. The molecule has 3 N–H and O–H groups in total. The maximum Gasteiger partial charge on any atom is 0.275 e. The number of carbonyl (C=O) groups excluding carboxylic acids is 1. The van der Waals surface area contributed by atoms with E-state index in [1.54, 1.807) is 26.4 Å². The number of nitrogens with two attached hydrogens (primary N) is 1. The van der Waals surface area contributed by atoms with Crippen molar-refractivity contribution in [3.05, 3.63) is 64.3 Å². The molecule has 2 aromatic carbocycles. The van der Waals surface area contributed by atoms with Gasteiger partial charge in [-0.15, -0.1) is 5.10 Å². The number of rotatable bonds is 8. The smallest absolute Gasteiger partial charge is 0.275 e. The molecular formula is C20H22ClN5O3. The summed E-state index contributed by atoms with van der Waals surface area (Å²) in [7, 11) is 3.17. The minimum absolute atomic E-state index is 0.103. The van der Waals surface area contributed by atoms with Crippen LogP contribution in [0.5, 0.6) is 11.5 Å². The lowest BCUT2D eigenvalue weighted by Gasteiger charge is -2.10. The standard InChI is InChI=1S/C20H22ClN5O3/c1-28-16-8-5-13(11-17(16)29-2)9-10-23-20(27)18-19(22)26(25-24-18)12-14-3-6-15(21)7-4-14/h3-8,11H,9-10,12,22H2,1-2H3,(H,23,27). The fraction of sp³-hybridized carbons (Fsp3) is 0.250. The lowest BCUT2D eigenvalue weighted by molar-refractivity contribution is 0.0950. The molecule has 0 bridgehead atoms. The van der Waals surface area contributed by atoms with E-state index in [4.69, 9.17) is 26.8 Å². The number of carbonyl (C=O) groups is 1. The number of anilines is 1. The van der Waals surface area contributed by atoms with Gasteiger partial charge < -0.3 is 20.5 Å². The van der Waals surface area contributed by atoms with Gasteiger partial charge in [0, 0.05) is 11.6 Å². The molecule has 0 atom stereocenters. The molecule has 8 nitrogen and oxygen atoms in total. The maximum absolute atomic E-state index is 12.4. The van der Waals surface area contributed by atoms with Crippen LogP contribution >= 0.6 is 11.6 Å². The van der Waals surface area contributed by atoms with Gasteiger partial charge in [0.25, 0.3) is 5.91 Å². The van der Waals surface area contributed by atoms with Gasteiger partial charge >= 0.3 is 0 Å². The zero-order valence-electron chi connectivity index (χ0n) is 16.2. The molecule has 0 radical (unpaired) electrons. The second-order valence-electron chi connectivity index (χ2n) is 6.30. The Balaban J connectivity index is 1.58. The van der Waals surface area contributed by atoms with Gasteiger partial charge in [0.2, 0.25) is 0 Å². The second kappa shape index (κ2) is 9.29. The highest BCUT2D eigenvalue weighted by molar-refractivity contribution is 6.30. The van der Waals surface area contributed by atoms with Crippen LogP contribution < -0.4 is 20.5 Å². The number of nitrogens with one attached hydrogen (secondary N) is 1. The first-order valence-electron chi connectivity index (χ1n) is 8.94. The topological polar surface area (TPSA) is 104 Å². The summed E-state index contributed by atoms with van der Waals surface area (Å²) in [6.07, 6.45) is 0.616. The summed E-state index contributed by atoms with van der Waals surface area (Å²) in [5.41, 5.74) is 8.11. The summed E-state index contributed by atoms with van der Waals surface area (Å²) in [5, 5.41) is 11.4. The van der Waals surface area contributed by atoms with Crippen LogP contribution in [0.1, 0.15) is 21.6 Å². The van der Waals surface area contributed by atoms with E-state index in [1.165, 1.54) is 4.68 Å². The molecule has 0 saturated carbocycles. The van der Waals surface area contributed by atoms with Crippen molar-refractivity contribution in [2.75, 3.05) is 26.5 Å². The molecule has 3 aromatic rings. The summed E-state index contributed by atoms with van der Waals surface area (Å²) in [6.45, 7) is 0.812. The number of halogens is 1. The Morgan fingerprint density at radius 1 is 1.10 bits per heavy atom. The Morgan fingerprint density at radius 2 is 1.79 bits per heavy atom. The van der Waals surface area contributed by atoms with E-state index >= 15 is 0 Å². The molecule has 0 spiro atoms. The van der Waals surface area contributed by atoms with Crippen LogP contribution in [0.2, 0.25) is 5.02 Å². The lowest BCUT2D eigenvalue weighted by Crippen LogP contribution is -2.27. The van der Waals surface area contributed by atoms with Crippen LogP contribution in [0.15, 0.2) is 42.5 Å². The van der Waals surface area contributed by atoms with Gasteiger partial charge in [-0.1, -0.05) is 35.0 Å². The summed E-state index contributed by atoms with van der Waals surface area (Å²) in [6, 6.07) is 12.9. The fourth-order valence-electron chi connectivity index (χ4n) is 2.80.